The van der Waals surface area contributed by atoms with Crippen LogP contribution in [0.5, 0.6) is 5.75 Å². The highest BCUT2D eigenvalue weighted by Gasteiger charge is 2.12. The van der Waals surface area contributed by atoms with E-state index in [-0.39, 0.29) is 17.9 Å². The van der Waals surface area contributed by atoms with Crippen molar-refractivity contribution in [3.63, 3.8) is 0 Å². The minimum atomic E-state index is -2.65. The first-order valence-electron chi connectivity index (χ1n) is 5.39. The van der Waals surface area contributed by atoms with Crippen LogP contribution in [0, 0.1) is 0 Å². The number of ether oxygens (including phenoxy) is 1. The molecule has 0 spiro atoms. The van der Waals surface area contributed by atoms with Gasteiger partial charge in [-0.3, -0.25) is 0 Å². The molecular formula is C13H10F2O4. The molecule has 2 rings (SSSR count). The van der Waals surface area contributed by atoms with E-state index in [4.69, 9.17) is 14.3 Å². The molecule has 0 aliphatic heterocycles. The number of carbonyl (C=O) groups is 1. The lowest BCUT2D eigenvalue weighted by Gasteiger charge is -2.04. The van der Waals surface area contributed by atoms with Gasteiger partial charge in [0.15, 0.2) is 5.76 Å². The van der Waals surface area contributed by atoms with Crippen LogP contribution in [-0.4, -0.2) is 11.1 Å². The summed E-state index contributed by atoms with van der Waals surface area (Å²) in [5.41, 5.74) is 0.144. The molecule has 0 aliphatic rings. The van der Waals surface area contributed by atoms with Crippen molar-refractivity contribution in [2.45, 2.75) is 13.0 Å². The fourth-order valence-corrected chi connectivity index (χ4v) is 1.44. The third-order valence-corrected chi connectivity index (χ3v) is 2.38. The van der Waals surface area contributed by atoms with Crippen molar-refractivity contribution in [3.05, 3.63) is 53.5 Å². The number of furan rings is 1. The molecule has 6 heteroatoms. The minimum absolute atomic E-state index is 0.000855. The van der Waals surface area contributed by atoms with Crippen LogP contribution in [0.15, 0.2) is 40.8 Å². The van der Waals surface area contributed by atoms with E-state index in [0.29, 0.717) is 5.75 Å². The first kappa shape index (κ1) is 13.1. The highest BCUT2D eigenvalue weighted by atomic mass is 19.3. The molecule has 4 nitrogen and oxygen atoms in total. The number of carboxylic acid groups (broad SMARTS) is 1. The summed E-state index contributed by atoms with van der Waals surface area (Å²) in [5.74, 6) is -0.725. The summed E-state index contributed by atoms with van der Waals surface area (Å²) in [6, 6.07) is 8.36. The van der Waals surface area contributed by atoms with Gasteiger partial charge in [0.05, 0.1) is 5.56 Å². The summed E-state index contributed by atoms with van der Waals surface area (Å²) < 4.78 is 34.7. The van der Waals surface area contributed by atoms with E-state index in [0.717, 1.165) is 0 Å². The van der Waals surface area contributed by atoms with Gasteiger partial charge < -0.3 is 14.3 Å². The maximum Gasteiger partial charge on any atom is 0.335 e. The first-order chi connectivity index (χ1) is 9.06. The van der Waals surface area contributed by atoms with Crippen molar-refractivity contribution in [1.29, 1.82) is 0 Å². The van der Waals surface area contributed by atoms with Crippen molar-refractivity contribution >= 4 is 5.97 Å². The molecule has 0 bridgehead atoms. The molecule has 0 atom stereocenters. The molecule has 2 aromatic rings. The second-order valence-electron chi connectivity index (χ2n) is 3.72. The van der Waals surface area contributed by atoms with E-state index in [2.05, 4.69) is 0 Å². The Morgan fingerprint density at radius 2 is 1.89 bits per heavy atom. The van der Waals surface area contributed by atoms with Gasteiger partial charge in [0.2, 0.25) is 0 Å². The fraction of sp³-hybridized carbons (Fsp3) is 0.154. The zero-order valence-corrected chi connectivity index (χ0v) is 9.68. The second kappa shape index (κ2) is 5.51. The highest BCUT2D eigenvalue weighted by Crippen LogP contribution is 2.22. The summed E-state index contributed by atoms with van der Waals surface area (Å²) in [6.07, 6.45) is -2.65. The molecule has 0 unspecified atom stereocenters. The monoisotopic (exact) mass is 268 g/mol. The van der Waals surface area contributed by atoms with Gasteiger partial charge in [-0.2, -0.15) is 0 Å². The number of hydrogen-bond donors (Lipinski definition) is 1. The van der Waals surface area contributed by atoms with Crippen molar-refractivity contribution in [3.8, 4) is 5.75 Å². The van der Waals surface area contributed by atoms with Crippen LogP contribution in [-0.2, 0) is 6.61 Å². The molecule has 1 heterocycles. The zero-order valence-electron chi connectivity index (χ0n) is 9.68. The maximum atomic E-state index is 12.3. The van der Waals surface area contributed by atoms with Crippen molar-refractivity contribution < 1.29 is 27.8 Å². The predicted molar refractivity (Wildman–Crippen MR) is 61.4 cm³/mol. The van der Waals surface area contributed by atoms with Crippen LogP contribution >= 0.6 is 0 Å². The lowest BCUT2D eigenvalue weighted by molar-refractivity contribution is 0.0697. The van der Waals surface area contributed by atoms with E-state index < -0.39 is 18.2 Å². The standard InChI is InChI=1S/C13H10F2O4/c14-12(15)11-6-5-10(19-11)7-18-9-3-1-8(2-4-9)13(16)17/h1-6,12H,7H2,(H,16,17). The number of alkyl halides is 2. The van der Waals surface area contributed by atoms with E-state index >= 15 is 0 Å². The van der Waals surface area contributed by atoms with Crippen molar-refractivity contribution in [2.75, 3.05) is 0 Å². The van der Waals surface area contributed by atoms with Crippen LogP contribution in [0.2, 0.25) is 0 Å². The van der Waals surface area contributed by atoms with E-state index in [1.807, 2.05) is 0 Å². The number of halogens is 2. The van der Waals surface area contributed by atoms with Gasteiger partial charge in [-0.05, 0) is 36.4 Å². The van der Waals surface area contributed by atoms with Gasteiger partial charge in [-0.15, -0.1) is 0 Å². The second-order valence-corrected chi connectivity index (χ2v) is 3.72. The summed E-state index contributed by atoms with van der Waals surface area (Å²) in [6.45, 7) is -0.000855. The quantitative estimate of drug-likeness (QED) is 0.901. The SMILES string of the molecule is O=C(O)c1ccc(OCc2ccc(C(F)F)o2)cc1. The Bertz CT molecular complexity index is 560. The van der Waals surface area contributed by atoms with Gasteiger partial charge >= 0.3 is 5.97 Å². The van der Waals surface area contributed by atoms with Gasteiger partial charge in [-0.25, -0.2) is 13.6 Å². The molecule has 1 aromatic heterocycles. The number of carboxylic acids is 1. The molecule has 0 saturated carbocycles. The molecule has 0 fully saturated rings. The summed E-state index contributed by atoms with van der Waals surface area (Å²) in [4.78, 5) is 10.6. The summed E-state index contributed by atoms with van der Waals surface area (Å²) in [7, 11) is 0. The average molecular weight is 268 g/mol. The smallest absolute Gasteiger partial charge is 0.335 e. The van der Waals surface area contributed by atoms with Gasteiger partial charge in [0.1, 0.15) is 18.1 Å². The third kappa shape index (κ3) is 3.31. The van der Waals surface area contributed by atoms with Gasteiger partial charge in [0.25, 0.3) is 6.43 Å². The summed E-state index contributed by atoms with van der Waals surface area (Å²) in [5, 5.41) is 8.71. The zero-order chi connectivity index (χ0) is 13.8. The maximum absolute atomic E-state index is 12.3. The van der Waals surface area contributed by atoms with E-state index in [1.165, 1.54) is 36.4 Å². The van der Waals surface area contributed by atoms with Crippen LogP contribution < -0.4 is 4.74 Å². The third-order valence-electron chi connectivity index (χ3n) is 2.38. The van der Waals surface area contributed by atoms with E-state index in [9.17, 15) is 13.6 Å². The van der Waals surface area contributed by atoms with Crippen LogP contribution in [0.25, 0.3) is 0 Å². The molecule has 0 aliphatic carbocycles. The van der Waals surface area contributed by atoms with Gasteiger partial charge in [0, 0.05) is 0 Å². The topological polar surface area (TPSA) is 59.7 Å². The first-order valence-corrected chi connectivity index (χ1v) is 5.39. The Morgan fingerprint density at radius 3 is 2.42 bits per heavy atom. The molecule has 19 heavy (non-hydrogen) atoms. The Balaban J connectivity index is 1.96. The number of benzene rings is 1. The number of aromatic carboxylic acids is 1. The van der Waals surface area contributed by atoms with Crippen molar-refractivity contribution in [2.24, 2.45) is 0 Å². The van der Waals surface area contributed by atoms with E-state index in [1.54, 1.807) is 0 Å². The van der Waals surface area contributed by atoms with Crippen molar-refractivity contribution in [1.82, 2.24) is 0 Å². The Kier molecular flexibility index (Phi) is 3.79. The highest BCUT2D eigenvalue weighted by molar-refractivity contribution is 5.87. The lowest BCUT2D eigenvalue weighted by Crippen LogP contribution is -1.97. The molecule has 1 N–H and O–H groups in total. The molecule has 0 radical (unpaired) electrons. The van der Waals surface area contributed by atoms with Crippen LogP contribution in [0.4, 0.5) is 8.78 Å². The van der Waals surface area contributed by atoms with Crippen LogP contribution in [0.3, 0.4) is 0 Å². The number of hydrogen-bond acceptors (Lipinski definition) is 3. The Labute approximate surface area is 107 Å². The Morgan fingerprint density at radius 1 is 1.21 bits per heavy atom. The van der Waals surface area contributed by atoms with Crippen LogP contribution in [0.1, 0.15) is 28.3 Å². The number of rotatable bonds is 5. The molecule has 0 amide bonds. The predicted octanol–water partition coefficient (Wildman–Crippen LogP) is 3.49. The minimum Gasteiger partial charge on any atom is -0.486 e. The molecule has 1 aromatic carbocycles. The van der Waals surface area contributed by atoms with Gasteiger partial charge in [-0.1, -0.05) is 0 Å². The fourth-order valence-electron chi connectivity index (χ4n) is 1.44. The normalized spacial score (nSPS) is 10.7. The molecule has 100 valence electrons. The average Bonchev–Trinajstić information content (AvgIpc) is 2.86. The molecule has 0 saturated heterocycles. The Hall–Kier alpha value is -2.37. The molecular weight excluding hydrogens is 258 g/mol. The lowest BCUT2D eigenvalue weighted by atomic mass is 10.2. The summed E-state index contributed by atoms with van der Waals surface area (Å²) >= 11 is 0. The largest absolute Gasteiger partial charge is 0.486 e.